The summed E-state index contributed by atoms with van der Waals surface area (Å²) in [4.78, 5) is 23.0. The van der Waals surface area contributed by atoms with E-state index in [-0.39, 0.29) is 0 Å². The van der Waals surface area contributed by atoms with Gasteiger partial charge in [-0.25, -0.2) is 4.79 Å². The van der Waals surface area contributed by atoms with E-state index in [9.17, 15) is 14.9 Å². The fourth-order valence-electron chi connectivity index (χ4n) is 1.45. The van der Waals surface area contributed by atoms with E-state index in [2.05, 4.69) is 5.32 Å². The molecular formula is C12H18N2O4S. The normalized spacial score (nSPS) is 14.5. The Morgan fingerprint density at radius 2 is 2.16 bits per heavy atom. The third-order valence-corrected chi connectivity index (χ3v) is 3.29. The second-order valence-corrected chi connectivity index (χ2v) is 6.14. The van der Waals surface area contributed by atoms with E-state index in [1.54, 1.807) is 32.9 Å². The van der Waals surface area contributed by atoms with Crippen molar-refractivity contribution in [1.29, 1.82) is 0 Å². The Labute approximate surface area is 115 Å². The third kappa shape index (κ3) is 4.86. The van der Waals surface area contributed by atoms with E-state index in [1.165, 1.54) is 18.3 Å². The first-order valence-corrected chi connectivity index (χ1v) is 6.75. The molecule has 0 aliphatic rings. The van der Waals surface area contributed by atoms with Crippen molar-refractivity contribution < 1.29 is 14.5 Å². The van der Waals surface area contributed by atoms with Gasteiger partial charge in [0.15, 0.2) is 0 Å². The maximum atomic E-state index is 11.7. The first-order chi connectivity index (χ1) is 8.70. The fraction of sp³-hybridized carbons (Fsp3) is 0.583. The molecule has 0 spiro atoms. The molecule has 1 N–H and O–H groups in total. The monoisotopic (exact) mass is 286 g/mol. The highest BCUT2D eigenvalue weighted by atomic mass is 32.1. The Morgan fingerprint density at radius 1 is 1.53 bits per heavy atom. The van der Waals surface area contributed by atoms with Crippen LogP contribution in [0, 0.1) is 10.1 Å². The molecule has 1 aromatic rings. The van der Waals surface area contributed by atoms with Crippen LogP contribution in [0.4, 0.5) is 4.79 Å². The largest absolute Gasteiger partial charge is 0.444 e. The van der Waals surface area contributed by atoms with Crippen LogP contribution in [0.3, 0.4) is 0 Å². The number of amides is 1. The highest BCUT2D eigenvalue weighted by Gasteiger charge is 2.32. The molecule has 2 atom stereocenters. The summed E-state index contributed by atoms with van der Waals surface area (Å²) in [6.45, 7) is 6.68. The number of ether oxygens (including phenoxy) is 1. The number of rotatable bonds is 4. The molecule has 106 valence electrons. The van der Waals surface area contributed by atoms with Gasteiger partial charge < -0.3 is 10.1 Å². The SMILES string of the molecule is C[C@@H]([C@H](NC(=O)OC(C)(C)C)c1cccs1)[N+](=O)[O-]. The predicted octanol–water partition coefficient (Wildman–Crippen LogP) is 2.98. The van der Waals surface area contributed by atoms with Crippen LogP contribution in [0.15, 0.2) is 17.5 Å². The van der Waals surface area contributed by atoms with E-state index >= 15 is 0 Å². The molecule has 0 saturated carbocycles. The van der Waals surface area contributed by atoms with Gasteiger partial charge in [-0.2, -0.15) is 0 Å². The summed E-state index contributed by atoms with van der Waals surface area (Å²) < 4.78 is 5.13. The van der Waals surface area contributed by atoms with Crippen LogP contribution in [0.25, 0.3) is 0 Å². The molecule has 0 aliphatic heterocycles. The van der Waals surface area contributed by atoms with E-state index in [0.29, 0.717) is 0 Å². The van der Waals surface area contributed by atoms with Crippen molar-refractivity contribution in [2.24, 2.45) is 0 Å². The van der Waals surface area contributed by atoms with Crippen molar-refractivity contribution in [3.63, 3.8) is 0 Å². The lowest BCUT2D eigenvalue weighted by Gasteiger charge is -2.23. The van der Waals surface area contributed by atoms with E-state index in [4.69, 9.17) is 4.74 Å². The highest BCUT2D eigenvalue weighted by Crippen LogP contribution is 2.24. The van der Waals surface area contributed by atoms with Gasteiger partial charge in [-0.3, -0.25) is 10.1 Å². The van der Waals surface area contributed by atoms with Gasteiger partial charge in [-0.1, -0.05) is 6.07 Å². The van der Waals surface area contributed by atoms with Gasteiger partial charge in [-0.05, 0) is 32.2 Å². The van der Waals surface area contributed by atoms with Crippen LogP contribution in [0.2, 0.25) is 0 Å². The van der Waals surface area contributed by atoms with Crippen molar-refractivity contribution in [1.82, 2.24) is 5.32 Å². The first-order valence-electron chi connectivity index (χ1n) is 5.87. The summed E-state index contributed by atoms with van der Waals surface area (Å²) in [5.74, 6) is 0. The second-order valence-electron chi connectivity index (χ2n) is 5.17. The first kappa shape index (κ1) is 15.4. The summed E-state index contributed by atoms with van der Waals surface area (Å²) in [6.07, 6.45) is -0.653. The number of carbonyl (C=O) groups is 1. The van der Waals surface area contributed by atoms with E-state index < -0.39 is 28.7 Å². The molecule has 6 nitrogen and oxygen atoms in total. The van der Waals surface area contributed by atoms with Gasteiger partial charge in [0.05, 0.1) is 0 Å². The van der Waals surface area contributed by atoms with Gasteiger partial charge in [0, 0.05) is 16.7 Å². The number of nitrogens with zero attached hydrogens (tertiary/aromatic N) is 1. The van der Waals surface area contributed by atoms with Gasteiger partial charge in [0.2, 0.25) is 6.04 Å². The van der Waals surface area contributed by atoms with Gasteiger partial charge in [0.25, 0.3) is 0 Å². The lowest BCUT2D eigenvalue weighted by atomic mass is 10.1. The highest BCUT2D eigenvalue weighted by molar-refractivity contribution is 7.10. The van der Waals surface area contributed by atoms with Gasteiger partial charge in [0.1, 0.15) is 11.6 Å². The molecular weight excluding hydrogens is 268 g/mol. The number of alkyl carbamates (subject to hydrolysis) is 1. The smallest absolute Gasteiger partial charge is 0.408 e. The Hall–Kier alpha value is -1.63. The van der Waals surface area contributed by atoms with Crippen molar-refractivity contribution in [3.8, 4) is 0 Å². The lowest BCUT2D eigenvalue weighted by Crippen LogP contribution is -2.40. The summed E-state index contributed by atoms with van der Waals surface area (Å²) in [5.41, 5.74) is -0.637. The Bertz CT molecular complexity index is 439. The molecule has 1 heterocycles. The second kappa shape index (κ2) is 6.01. The maximum Gasteiger partial charge on any atom is 0.408 e. The van der Waals surface area contributed by atoms with E-state index in [1.807, 2.05) is 5.38 Å². The molecule has 0 radical (unpaired) electrons. The molecule has 19 heavy (non-hydrogen) atoms. The molecule has 1 amide bonds. The fourth-order valence-corrected chi connectivity index (χ4v) is 2.33. The Kier molecular flexibility index (Phi) is 4.88. The molecule has 7 heteroatoms. The minimum absolute atomic E-state index is 0.415. The number of carbonyl (C=O) groups excluding carboxylic acids is 1. The van der Waals surface area contributed by atoms with E-state index in [0.717, 1.165) is 4.88 Å². The zero-order chi connectivity index (χ0) is 14.6. The van der Waals surface area contributed by atoms with Crippen molar-refractivity contribution >= 4 is 17.4 Å². The van der Waals surface area contributed by atoms with Crippen LogP contribution in [0.1, 0.15) is 38.6 Å². The molecule has 1 rings (SSSR count). The minimum atomic E-state index is -0.925. The van der Waals surface area contributed by atoms with Crippen molar-refractivity contribution in [2.45, 2.75) is 45.4 Å². The molecule has 0 aromatic carbocycles. The average Bonchev–Trinajstić information content (AvgIpc) is 2.75. The van der Waals surface area contributed by atoms with Crippen molar-refractivity contribution in [3.05, 3.63) is 32.5 Å². The van der Waals surface area contributed by atoms with Crippen LogP contribution >= 0.6 is 11.3 Å². The quantitative estimate of drug-likeness (QED) is 0.681. The lowest BCUT2D eigenvalue weighted by molar-refractivity contribution is -0.523. The average molecular weight is 286 g/mol. The molecule has 1 aromatic heterocycles. The number of hydrogen-bond acceptors (Lipinski definition) is 5. The van der Waals surface area contributed by atoms with Gasteiger partial charge in [-0.15, -0.1) is 11.3 Å². The standard InChI is InChI=1S/C12H18N2O4S/c1-8(14(16)17)10(9-6-5-7-19-9)13-11(15)18-12(2,3)4/h5-8,10H,1-4H3,(H,13,15)/t8-,10-/m0/s1. The van der Waals surface area contributed by atoms with Crippen LogP contribution < -0.4 is 5.32 Å². The van der Waals surface area contributed by atoms with Crippen molar-refractivity contribution in [2.75, 3.05) is 0 Å². The number of nitrogens with one attached hydrogen (secondary N) is 1. The molecule has 0 aliphatic carbocycles. The Morgan fingerprint density at radius 3 is 2.58 bits per heavy atom. The summed E-state index contributed by atoms with van der Waals surface area (Å²) >= 11 is 1.36. The molecule has 0 bridgehead atoms. The zero-order valence-corrected chi connectivity index (χ0v) is 12.2. The van der Waals surface area contributed by atoms with Crippen LogP contribution in [-0.2, 0) is 4.74 Å². The summed E-state index contributed by atoms with van der Waals surface area (Å²) in [5, 5.41) is 15.3. The predicted molar refractivity (Wildman–Crippen MR) is 72.9 cm³/mol. The topological polar surface area (TPSA) is 81.5 Å². The molecule has 0 fully saturated rings. The maximum absolute atomic E-state index is 11.7. The third-order valence-electron chi connectivity index (χ3n) is 2.34. The number of thiophene rings is 1. The molecule has 0 saturated heterocycles. The summed E-state index contributed by atoms with van der Waals surface area (Å²) in [6, 6.07) is 1.93. The van der Waals surface area contributed by atoms with Gasteiger partial charge >= 0.3 is 6.09 Å². The molecule has 0 unspecified atom stereocenters. The number of nitro groups is 1. The van der Waals surface area contributed by atoms with Crippen LogP contribution in [0.5, 0.6) is 0 Å². The number of hydrogen-bond donors (Lipinski definition) is 1. The Balaban J connectivity index is 2.82. The minimum Gasteiger partial charge on any atom is -0.444 e. The van der Waals surface area contributed by atoms with Crippen LogP contribution in [-0.4, -0.2) is 22.7 Å². The zero-order valence-electron chi connectivity index (χ0n) is 11.4. The summed E-state index contributed by atoms with van der Waals surface area (Å²) in [7, 11) is 0.